The van der Waals surface area contributed by atoms with Crippen molar-refractivity contribution in [2.24, 2.45) is 0 Å². The molecule has 0 bridgehead atoms. The minimum absolute atomic E-state index is 0.117. The highest BCUT2D eigenvalue weighted by molar-refractivity contribution is 6.32. The molecule has 0 aliphatic carbocycles. The fourth-order valence-corrected chi connectivity index (χ4v) is 3.24. The van der Waals surface area contributed by atoms with E-state index in [4.69, 9.17) is 21.1 Å². The molecule has 0 N–H and O–H groups in total. The van der Waals surface area contributed by atoms with Gasteiger partial charge in [-0.1, -0.05) is 23.7 Å². The Morgan fingerprint density at radius 2 is 1.81 bits per heavy atom. The van der Waals surface area contributed by atoms with Crippen molar-refractivity contribution in [3.8, 4) is 11.5 Å². The van der Waals surface area contributed by atoms with E-state index >= 15 is 0 Å². The molecule has 1 aliphatic heterocycles. The van der Waals surface area contributed by atoms with Crippen LogP contribution in [0.3, 0.4) is 0 Å². The maximum absolute atomic E-state index is 13.1. The van der Waals surface area contributed by atoms with Gasteiger partial charge in [0.05, 0.1) is 17.3 Å². The Labute approximate surface area is 163 Å². The smallest absolute Gasteiger partial charge is 0.260 e. The van der Waals surface area contributed by atoms with Crippen molar-refractivity contribution in [2.75, 3.05) is 44.3 Å². The monoisotopic (exact) mass is 392 g/mol. The third-order valence-corrected chi connectivity index (χ3v) is 4.68. The molecule has 7 heteroatoms. The number of benzene rings is 2. The van der Waals surface area contributed by atoms with Crippen LogP contribution in [-0.2, 0) is 4.79 Å². The van der Waals surface area contributed by atoms with Crippen molar-refractivity contribution in [1.29, 1.82) is 0 Å². The topological polar surface area (TPSA) is 42.0 Å². The fourth-order valence-electron chi connectivity index (χ4n) is 3.02. The molecule has 0 spiro atoms. The number of carbonyl (C=O) groups excluding carboxylic acids is 1. The minimum atomic E-state index is -0.442. The second-order valence-electron chi connectivity index (χ2n) is 6.13. The van der Waals surface area contributed by atoms with Crippen LogP contribution in [0.1, 0.15) is 6.92 Å². The zero-order valence-electron chi connectivity index (χ0n) is 15.2. The summed E-state index contributed by atoms with van der Waals surface area (Å²) in [6.07, 6.45) is 0. The van der Waals surface area contributed by atoms with E-state index in [2.05, 4.69) is 4.90 Å². The van der Waals surface area contributed by atoms with E-state index in [0.717, 1.165) is 17.5 Å². The zero-order valence-corrected chi connectivity index (χ0v) is 15.9. The lowest BCUT2D eigenvalue weighted by molar-refractivity contribution is -0.133. The number of hydrogen-bond acceptors (Lipinski definition) is 4. The van der Waals surface area contributed by atoms with Gasteiger partial charge >= 0.3 is 0 Å². The van der Waals surface area contributed by atoms with E-state index < -0.39 is 5.82 Å². The number of amides is 1. The molecule has 0 radical (unpaired) electrons. The van der Waals surface area contributed by atoms with Gasteiger partial charge in [-0.25, -0.2) is 4.39 Å². The molecule has 27 heavy (non-hydrogen) atoms. The number of ether oxygens (including phenoxy) is 2. The molecule has 0 aromatic heterocycles. The lowest BCUT2D eigenvalue weighted by Crippen LogP contribution is -2.50. The lowest BCUT2D eigenvalue weighted by atomic mass is 10.2. The van der Waals surface area contributed by atoms with E-state index in [1.54, 1.807) is 4.90 Å². The van der Waals surface area contributed by atoms with E-state index in [1.807, 2.05) is 31.2 Å². The molecule has 3 rings (SSSR count). The van der Waals surface area contributed by atoms with Crippen LogP contribution in [0.25, 0.3) is 0 Å². The van der Waals surface area contributed by atoms with Gasteiger partial charge in [0, 0.05) is 26.2 Å². The summed E-state index contributed by atoms with van der Waals surface area (Å²) in [5.74, 6) is 0.597. The van der Waals surface area contributed by atoms with Crippen LogP contribution < -0.4 is 14.4 Å². The highest BCUT2D eigenvalue weighted by Gasteiger charge is 2.23. The Bertz CT molecular complexity index is 795. The molecule has 1 heterocycles. The van der Waals surface area contributed by atoms with Gasteiger partial charge in [-0.3, -0.25) is 4.79 Å². The normalized spacial score (nSPS) is 14.2. The number of halogens is 2. The van der Waals surface area contributed by atoms with Crippen molar-refractivity contribution < 1.29 is 18.7 Å². The molecule has 144 valence electrons. The van der Waals surface area contributed by atoms with Crippen molar-refractivity contribution in [3.63, 3.8) is 0 Å². The number of hydrogen-bond donors (Lipinski definition) is 0. The molecule has 1 fully saturated rings. The summed E-state index contributed by atoms with van der Waals surface area (Å²) >= 11 is 5.92. The standard InChI is InChI=1S/C20H22ClFN2O3/c1-2-26-19-6-4-3-5-17(19)23-9-11-24(12-10-23)20(25)14-27-18-8-7-15(22)13-16(18)21/h3-8,13H,2,9-12,14H2,1H3. The SMILES string of the molecule is CCOc1ccccc1N1CCN(C(=O)COc2ccc(F)cc2Cl)CC1. The summed E-state index contributed by atoms with van der Waals surface area (Å²) < 4.78 is 24.2. The number of carbonyl (C=O) groups is 1. The van der Waals surface area contributed by atoms with Crippen molar-refractivity contribution >= 4 is 23.2 Å². The second kappa shape index (κ2) is 8.95. The maximum Gasteiger partial charge on any atom is 0.260 e. The molecule has 0 saturated carbocycles. The molecule has 2 aromatic carbocycles. The maximum atomic E-state index is 13.1. The van der Waals surface area contributed by atoms with Crippen molar-refractivity contribution in [2.45, 2.75) is 6.92 Å². The molecule has 2 aromatic rings. The molecular formula is C20H22ClFN2O3. The highest BCUT2D eigenvalue weighted by Crippen LogP contribution is 2.29. The summed E-state index contributed by atoms with van der Waals surface area (Å²) in [5, 5.41) is 0.153. The third-order valence-electron chi connectivity index (χ3n) is 4.38. The van der Waals surface area contributed by atoms with Crippen molar-refractivity contribution in [3.05, 3.63) is 53.3 Å². The fraction of sp³-hybridized carbons (Fsp3) is 0.350. The summed E-state index contributed by atoms with van der Waals surface area (Å²) in [6, 6.07) is 11.8. The predicted octanol–water partition coefficient (Wildman–Crippen LogP) is 3.61. The average Bonchev–Trinajstić information content (AvgIpc) is 2.68. The molecule has 0 unspecified atom stereocenters. The van der Waals surface area contributed by atoms with Gasteiger partial charge in [-0.05, 0) is 37.3 Å². The number of piperazine rings is 1. The summed E-state index contributed by atoms with van der Waals surface area (Å²) in [7, 11) is 0. The second-order valence-corrected chi connectivity index (χ2v) is 6.54. The Hall–Kier alpha value is -2.47. The molecule has 1 aliphatic rings. The summed E-state index contributed by atoms with van der Waals surface area (Å²) in [4.78, 5) is 16.4. The van der Waals surface area contributed by atoms with E-state index in [-0.39, 0.29) is 17.5 Å². The van der Waals surface area contributed by atoms with Crippen LogP contribution in [0.15, 0.2) is 42.5 Å². The van der Waals surface area contributed by atoms with Gasteiger partial charge in [-0.2, -0.15) is 0 Å². The van der Waals surface area contributed by atoms with Crippen LogP contribution in [0.5, 0.6) is 11.5 Å². The average molecular weight is 393 g/mol. The number of rotatable bonds is 6. The molecule has 1 saturated heterocycles. The molecular weight excluding hydrogens is 371 g/mol. The van der Waals surface area contributed by atoms with Crippen LogP contribution in [0, 0.1) is 5.82 Å². The van der Waals surface area contributed by atoms with Crippen LogP contribution in [0.2, 0.25) is 5.02 Å². The zero-order chi connectivity index (χ0) is 19.2. The van der Waals surface area contributed by atoms with E-state index in [1.165, 1.54) is 12.1 Å². The first-order valence-corrected chi connectivity index (χ1v) is 9.28. The van der Waals surface area contributed by atoms with Gasteiger partial charge < -0.3 is 19.3 Å². The Morgan fingerprint density at radius 3 is 2.52 bits per heavy atom. The van der Waals surface area contributed by atoms with Crippen LogP contribution in [0.4, 0.5) is 10.1 Å². The Balaban J connectivity index is 1.53. The number of nitrogens with zero attached hydrogens (tertiary/aromatic N) is 2. The Morgan fingerprint density at radius 1 is 1.07 bits per heavy atom. The van der Waals surface area contributed by atoms with Gasteiger partial charge in [0.25, 0.3) is 5.91 Å². The van der Waals surface area contributed by atoms with Gasteiger partial charge in [-0.15, -0.1) is 0 Å². The van der Waals surface area contributed by atoms with Gasteiger partial charge in [0.1, 0.15) is 17.3 Å². The van der Waals surface area contributed by atoms with Crippen LogP contribution >= 0.6 is 11.6 Å². The molecule has 1 amide bonds. The van der Waals surface area contributed by atoms with Crippen molar-refractivity contribution in [1.82, 2.24) is 4.90 Å². The lowest BCUT2D eigenvalue weighted by Gasteiger charge is -2.36. The Kier molecular flexibility index (Phi) is 6.40. The van der Waals surface area contributed by atoms with Gasteiger partial charge in [0.15, 0.2) is 6.61 Å². The number of para-hydroxylation sites is 2. The summed E-state index contributed by atoms with van der Waals surface area (Å²) in [5.41, 5.74) is 1.04. The van der Waals surface area contributed by atoms with E-state index in [0.29, 0.717) is 38.5 Å². The first-order valence-electron chi connectivity index (χ1n) is 8.91. The minimum Gasteiger partial charge on any atom is -0.492 e. The van der Waals surface area contributed by atoms with Crippen LogP contribution in [-0.4, -0.2) is 50.2 Å². The molecule has 5 nitrogen and oxygen atoms in total. The first-order chi connectivity index (χ1) is 13.1. The summed E-state index contributed by atoms with van der Waals surface area (Å²) in [6.45, 7) is 5.07. The predicted molar refractivity (Wildman–Crippen MR) is 103 cm³/mol. The number of anilines is 1. The third kappa shape index (κ3) is 4.83. The quantitative estimate of drug-likeness (QED) is 0.753. The van der Waals surface area contributed by atoms with Gasteiger partial charge in [0.2, 0.25) is 0 Å². The first kappa shape index (κ1) is 19.3. The highest BCUT2D eigenvalue weighted by atomic mass is 35.5. The van der Waals surface area contributed by atoms with E-state index in [9.17, 15) is 9.18 Å². The molecule has 0 atom stereocenters. The largest absolute Gasteiger partial charge is 0.492 e.